The molecule has 0 aliphatic rings. The Bertz CT molecular complexity index is 903. The van der Waals surface area contributed by atoms with Crippen LogP contribution in [0.1, 0.15) is 37.2 Å². The van der Waals surface area contributed by atoms with E-state index in [9.17, 15) is 10.1 Å². The highest BCUT2D eigenvalue weighted by Crippen LogP contribution is 2.24. The molecule has 0 spiro atoms. The second kappa shape index (κ2) is 10.5. The predicted octanol–water partition coefficient (Wildman–Crippen LogP) is 3.94. The number of carbonyl (C=O) groups excluding carboxylic acids is 1. The summed E-state index contributed by atoms with van der Waals surface area (Å²) in [7, 11) is 1.63. The van der Waals surface area contributed by atoms with E-state index in [0.29, 0.717) is 19.6 Å². The molecule has 0 aliphatic heterocycles. The van der Waals surface area contributed by atoms with E-state index in [1.165, 1.54) is 0 Å². The van der Waals surface area contributed by atoms with Crippen LogP contribution in [0.25, 0.3) is 11.8 Å². The van der Waals surface area contributed by atoms with Gasteiger partial charge in [0, 0.05) is 30.2 Å². The lowest BCUT2D eigenvalue weighted by Crippen LogP contribution is -2.26. The minimum atomic E-state index is -0.369. The first-order valence-corrected chi connectivity index (χ1v) is 9.72. The smallest absolute Gasteiger partial charge is 0.261 e. The number of aryl methyl sites for hydroxylation is 1. The molecule has 1 N–H and O–H groups in total. The molecule has 0 unspecified atom stereocenters. The summed E-state index contributed by atoms with van der Waals surface area (Å²) in [5, 5.41) is 12.2. The topological polar surface area (TPSA) is 76.3 Å². The summed E-state index contributed by atoms with van der Waals surface area (Å²) in [5.74, 6) is 0.421. The minimum Gasteiger partial charge on any atom is -0.497 e. The molecule has 0 radical (unpaired) electrons. The number of nitriles is 1. The van der Waals surface area contributed by atoms with Crippen LogP contribution in [0.3, 0.4) is 0 Å². The van der Waals surface area contributed by atoms with Crippen molar-refractivity contribution in [3.63, 3.8) is 0 Å². The third-order valence-corrected chi connectivity index (χ3v) is 4.52. The van der Waals surface area contributed by atoms with E-state index in [-0.39, 0.29) is 17.6 Å². The van der Waals surface area contributed by atoms with Gasteiger partial charge in [0.2, 0.25) is 0 Å². The Hall–Kier alpha value is -3.04. The molecule has 0 fully saturated rings. The fraction of sp³-hybridized carbons (Fsp3) is 0.391. The summed E-state index contributed by atoms with van der Waals surface area (Å²) in [6.45, 7) is 8.95. The number of methoxy groups -OCH3 is 1. The van der Waals surface area contributed by atoms with Crippen molar-refractivity contribution in [2.24, 2.45) is 0 Å². The molecule has 6 heteroatoms. The molecule has 6 nitrogen and oxygen atoms in total. The summed E-state index contributed by atoms with van der Waals surface area (Å²) < 4.78 is 12.8. The summed E-state index contributed by atoms with van der Waals surface area (Å²) in [6.07, 6.45) is 2.51. The number of rotatable bonds is 9. The first-order valence-electron chi connectivity index (χ1n) is 9.72. The maximum absolute atomic E-state index is 12.4. The lowest BCUT2D eigenvalue weighted by molar-refractivity contribution is -0.117. The highest BCUT2D eigenvalue weighted by atomic mass is 16.5. The molecule has 2 rings (SSSR count). The highest BCUT2D eigenvalue weighted by molar-refractivity contribution is 6.01. The van der Waals surface area contributed by atoms with Crippen LogP contribution >= 0.6 is 0 Å². The zero-order chi connectivity index (χ0) is 21.4. The van der Waals surface area contributed by atoms with Crippen molar-refractivity contribution in [2.45, 2.75) is 40.2 Å². The van der Waals surface area contributed by atoms with Gasteiger partial charge < -0.3 is 19.4 Å². The van der Waals surface area contributed by atoms with Gasteiger partial charge in [0.25, 0.3) is 5.91 Å². The SMILES string of the molecule is COc1ccc(-n2c(C)cc(/C=C(\C#N)C(=O)NCCCOC(C)C)c2C)cc1. The lowest BCUT2D eigenvalue weighted by Gasteiger charge is -2.10. The molecular formula is C23H29N3O3. The Balaban J connectivity index is 2.15. The largest absolute Gasteiger partial charge is 0.497 e. The molecule has 1 amide bonds. The van der Waals surface area contributed by atoms with Crippen LogP contribution < -0.4 is 10.1 Å². The van der Waals surface area contributed by atoms with E-state index < -0.39 is 0 Å². The van der Waals surface area contributed by atoms with Crippen molar-refractivity contribution in [1.29, 1.82) is 5.26 Å². The maximum atomic E-state index is 12.4. The first kappa shape index (κ1) is 22.3. The van der Waals surface area contributed by atoms with Crippen LogP contribution in [0, 0.1) is 25.2 Å². The number of carbonyl (C=O) groups is 1. The number of amides is 1. The van der Waals surface area contributed by atoms with Crippen molar-refractivity contribution >= 4 is 12.0 Å². The maximum Gasteiger partial charge on any atom is 0.261 e. The highest BCUT2D eigenvalue weighted by Gasteiger charge is 2.13. The van der Waals surface area contributed by atoms with E-state index in [0.717, 1.165) is 28.4 Å². The van der Waals surface area contributed by atoms with Crippen LogP contribution in [-0.4, -0.2) is 36.8 Å². The molecule has 0 saturated carbocycles. The van der Waals surface area contributed by atoms with Gasteiger partial charge in [-0.25, -0.2) is 0 Å². The van der Waals surface area contributed by atoms with Crippen LogP contribution in [0.5, 0.6) is 5.75 Å². The Morgan fingerprint density at radius 3 is 2.55 bits per heavy atom. The summed E-state index contributed by atoms with van der Waals surface area (Å²) >= 11 is 0. The molecule has 1 aromatic heterocycles. The molecule has 29 heavy (non-hydrogen) atoms. The zero-order valence-electron chi connectivity index (χ0n) is 17.8. The number of hydrogen-bond acceptors (Lipinski definition) is 4. The van der Waals surface area contributed by atoms with Gasteiger partial charge in [0.05, 0.1) is 13.2 Å². The fourth-order valence-corrected chi connectivity index (χ4v) is 3.05. The number of hydrogen-bond donors (Lipinski definition) is 1. The predicted molar refractivity (Wildman–Crippen MR) is 114 cm³/mol. The van der Waals surface area contributed by atoms with E-state index in [1.807, 2.05) is 64.1 Å². The second-order valence-electron chi connectivity index (χ2n) is 7.06. The van der Waals surface area contributed by atoms with Gasteiger partial charge in [-0.05, 0) is 76.1 Å². The Morgan fingerprint density at radius 2 is 1.97 bits per heavy atom. The van der Waals surface area contributed by atoms with Gasteiger partial charge in [-0.2, -0.15) is 5.26 Å². The number of ether oxygens (including phenoxy) is 2. The van der Waals surface area contributed by atoms with Gasteiger partial charge in [-0.15, -0.1) is 0 Å². The molecule has 0 bridgehead atoms. The van der Waals surface area contributed by atoms with Gasteiger partial charge in [0.15, 0.2) is 0 Å². The molecular weight excluding hydrogens is 366 g/mol. The number of aromatic nitrogens is 1. The van der Waals surface area contributed by atoms with E-state index in [4.69, 9.17) is 9.47 Å². The van der Waals surface area contributed by atoms with Crippen molar-refractivity contribution < 1.29 is 14.3 Å². The molecule has 1 aromatic carbocycles. The van der Waals surface area contributed by atoms with E-state index >= 15 is 0 Å². The fourth-order valence-electron chi connectivity index (χ4n) is 3.05. The molecule has 0 saturated heterocycles. The monoisotopic (exact) mass is 395 g/mol. The Labute approximate surface area is 172 Å². The Morgan fingerprint density at radius 1 is 1.28 bits per heavy atom. The van der Waals surface area contributed by atoms with Gasteiger partial charge in [-0.3, -0.25) is 4.79 Å². The minimum absolute atomic E-state index is 0.0877. The number of benzene rings is 1. The number of nitrogens with one attached hydrogen (secondary N) is 1. The third-order valence-electron chi connectivity index (χ3n) is 4.52. The van der Waals surface area contributed by atoms with Crippen LogP contribution in [0.4, 0.5) is 0 Å². The lowest BCUT2D eigenvalue weighted by atomic mass is 10.1. The van der Waals surface area contributed by atoms with Crippen molar-refractivity contribution in [3.05, 3.63) is 52.9 Å². The Kier molecular flexibility index (Phi) is 8.05. The summed E-state index contributed by atoms with van der Waals surface area (Å²) in [6, 6.07) is 11.7. The van der Waals surface area contributed by atoms with E-state index in [1.54, 1.807) is 13.2 Å². The second-order valence-corrected chi connectivity index (χ2v) is 7.06. The zero-order valence-corrected chi connectivity index (χ0v) is 17.8. The van der Waals surface area contributed by atoms with Crippen LogP contribution in [-0.2, 0) is 9.53 Å². The van der Waals surface area contributed by atoms with Crippen LogP contribution in [0.2, 0.25) is 0 Å². The summed E-state index contributed by atoms with van der Waals surface area (Å²) in [5.41, 5.74) is 3.90. The average molecular weight is 396 g/mol. The molecule has 2 aromatic rings. The van der Waals surface area contributed by atoms with Gasteiger partial charge >= 0.3 is 0 Å². The molecule has 0 atom stereocenters. The molecule has 154 valence electrons. The normalized spacial score (nSPS) is 11.4. The van der Waals surface area contributed by atoms with Crippen LogP contribution in [0.15, 0.2) is 35.9 Å². The molecule has 0 aliphatic carbocycles. The quantitative estimate of drug-likeness (QED) is 0.396. The van der Waals surface area contributed by atoms with Gasteiger partial charge in [-0.1, -0.05) is 0 Å². The van der Waals surface area contributed by atoms with Crippen molar-refractivity contribution in [1.82, 2.24) is 9.88 Å². The van der Waals surface area contributed by atoms with Crippen molar-refractivity contribution in [3.8, 4) is 17.5 Å². The van der Waals surface area contributed by atoms with E-state index in [2.05, 4.69) is 9.88 Å². The summed E-state index contributed by atoms with van der Waals surface area (Å²) in [4.78, 5) is 12.4. The first-order chi connectivity index (χ1) is 13.9. The third kappa shape index (κ3) is 5.97. The van der Waals surface area contributed by atoms with Gasteiger partial charge in [0.1, 0.15) is 17.4 Å². The average Bonchev–Trinajstić information content (AvgIpc) is 2.98. The van der Waals surface area contributed by atoms with Crippen molar-refractivity contribution in [2.75, 3.05) is 20.3 Å². The number of nitrogens with zero attached hydrogens (tertiary/aromatic N) is 2. The molecule has 1 heterocycles. The standard InChI is InChI=1S/C23H29N3O3/c1-16(2)29-12-6-11-25-23(27)20(15-24)14-19-13-17(3)26(18(19)4)21-7-9-22(28-5)10-8-21/h7-10,13-14,16H,6,11-12H2,1-5H3,(H,25,27)/b20-14+.